The molecule has 12 heavy (non-hydrogen) atoms. The molecule has 0 aliphatic rings. The Morgan fingerprint density at radius 2 is 2.17 bits per heavy atom. The maximum atomic E-state index is 11.3. The molecule has 0 saturated carbocycles. The van der Waals surface area contributed by atoms with E-state index in [0.717, 1.165) is 5.06 Å². The van der Waals surface area contributed by atoms with Crippen LogP contribution in [0.1, 0.15) is 6.92 Å². The van der Waals surface area contributed by atoms with E-state index in [1.165, 1.54) is 26.4 Å². The Hall–Kier alpha value is -1.29. The van der Waals surface area contributed by atoms with Gasteiger partial charge in [0.1, 0.15) is 0 Å². The van der Waals surface area contributed by atoms with E-state index in [4.69, 9.17) is 10.6 Å². The standard InChI is InChI=1S/C8H14N2O2/c1-4-7(5-6-9)8(11)10(2)12-3/h4-6H,9H2,1-3H3/b6-5-,7-4+. The number of hydrogen-bond acceptors (Lipinski definition) is 3. The molecule has 0 bridgehead atoms. The Balaban J connectivity index is 4.44. The Morgan fingerprint density at radius 3 is 2.50 bits per heavy atom. The van der Waals surface area contributed by atoms with E-state index in [2.05, 4.69) is 0 Å². The first-order chi connectivity index (χ1) is 5.67. The van der Waals surface area contributed by atoms with Gasteiger partial charge in [-0.3, -0.25) is 9.63 Å². The van der Waals surface area contributed by atoms with E-state index >= 15 is 0 Å². The van der Waals surface area contributed by atoms with Crippen molar-refractivity contribution in [1.82, 2.24) is 5.06 Å². The summed E-state index contributed by atoms with van der Waals surface area (Å²) in [6.45, 7) is 1.76. The van der Waals surface area contributed by atoms with Gasteiger partial charge in [-0.15, -0.1) is 0 Å². The second kappa shape index (κ2) is 5.37. The highest BCUT2D eigenvalue weighted by molar-refractivity contribution is 5.95. The predicted molar refractivity (Wildman–Crippen MR) is 46.9 cm³/mol. The third kappa shape index (κ3) is 2.75. The molecule has 0 radical (unpaired) electrons. The van der Waals surface area contributed by atoms with Crippen LogP contribution in [-0.4, -0.2) is 25.1 Å². The fourth-order valence-electron chi connectivity index (χ4n) is 0.659. The number of nitrogens with zero attached hydrogens (tertiary/aromatic N) is 1. The minimum atomic E-state index is -0.221. The van der Waals surface area contributed by atoms with Crippen molar-refractivity contribution in [3.8, 4) is 0 Å². The Morgan fingerprint density at radius 1 is 1.58 bits per heavy atom. The molecule has 0 saturated heterocycles. The van der Waals surface area contributed by atoms with Crippen molar-refractivity contribution < 1.29 is 9.63 Å². The van der Waals surface area contributed by atoms with E-state index in [9.17, 15) is 4.79 Å². The zero-order chi connectivity index (χ0) is 9.56. The van der Waals surface area contributed by atoms with Crippen LogP contribution >= 0.6 is 0 Å². The van der Waals surface area contributed by atoms with Gasteiger partial charge in [0.05, 0.1) is 7.11 Å². The number of carbonyl (C=O) groups excluding carboxylic acids is 1. The highest BCUT2D eigenvalue weighted by atomic mass is 16.7. The zero-order valence-corrected chi connectivity index (χ0v) is 7.57. The molecule has 1 amide bonds. The molecule has 0 heterocycles. The van der Waals surface area contributed by atoms with Crippen molar-refractivity contribution in [3.63, 3.8) is 0 Å². The lowest BCUT2D eigenvalue weighted by atomic mass is 10.2. The van der Waals surface area contributed by atoms with Crippen LogP contribution in [0.3, 0.4) is 0 Å². The number of hydrogen-bond donors (Lipinski definition) is 1. The zero-order valence-electron chi connectivity index (χ0n) is 7.57. The quantitative estimate of drug-likeness (QED) is 0.379. The largest absolute Gasteiger partial charge is 0.405 e. The summed E-state index contributed by atoms with van der Waals surface area (Å²) in [6, 6.07) is 0. The number of rotatable bonds is 3. The van der Waals surface area contributed by atoms with Gasteiger partial charge in [-0.25, -0.2) is 5.06 Å². The summed E-state index contributed by atoms with van der Waals surface area (Å²) >= 11 is 0. The summed E-state index contributed by atoms with van der Waals surface area (Å²) in [7, 11) is 2.97. The molecule has 0 aliphatic heterocycles. The van der Waals surface area contributed by atoms with Crippen LogP contribution in [0.2, 0.25) is 0 Å². The minimum Gasteiger partial charge on any atom is -0.405 e. The molecule has 0 aromatic carbocycles. The van der Waals surface area contributed by atoms with Gasteiger partial charge in [0.25, 0.3) is 5.91 Å². The summed E-state index contributed by atoms with van der Waals surface area (Å²) in [5, 5.41) is 1.13. The maximum absolute atomic E-state index is 11.3. The SMILES string of the molecule is C/C=C(\C=C/N)C(=O)N(C)OC. The molecule has 2 N–H and O–H groups in total. The first-order valence-electron chi connectivity index (χ1n) is 3.54. The maximum Gasteiger partial charge on any atom is 0.276 e. The molecule has 4 nitrogen and oxygen atoms in total. The van der Waals surface area contributed by atoms with Gasteiger partial charge in [-0.1, -0.05) is 6.08 Å². The molecule has 0 atom stereocenters. The fraction of sp³-hybridized carbons (Fsp3) is 0.375. The average molecular weight is 170 g/mol. The molecule has 0 aromatic rings. The first kappa shape index (κ1) is 10.7. The summed E-state index contributed by atoms with van der Waals surface area (Å²) < 4.78 is 0. The lowest BCUT2D eigenvalue weighted by Gasteiger charge is -2.13. The second-order valence-corrected chi connectivity index (χ2v) is 2.09. The number of carbonyl (C=O) groups is 1. The van der Waals surface area contributed by atoms with Gasteiger partial charge in [-0.2, -0.15) is 0 Å². The average Bonchev–Trinajstić information content (AvgIpc) is 2.11. The molecule has 0 unspecified atom stereocenters. The van der Waals surface area contributed by atoms with Crippen LogP contribution in [0.15, 0.2) is 23.9 Å². The van der Waals surface area contributed by atoms with Crippen LogP contribution in [-0.2, 0) is 9.63 Å². The molecule has 68 valence electrons. The van der Waals surface area contributed by atoms with Crippen molar-refractivity contribution in [3.05, 3.63) is 23.9 Å². The van der Waals surface area contributed by atoms with Crippen molar-refractivity contribution in [2.24, 2.45) is 5.73 Å². The van der Waals surface area contributed by atoms with E-state index in [-0.39, 0.29) is 5.91 Å². The lowest BCUT2D eigenvalue weighted by molar-refractivity contribution is -0.163. The van der Waals surface area contributed by atoms with Gasteiger partial charge in [-0.05, 0) is 19.2 Å². The smallest absolute Gasteiger partial charge is 0.276 e. The Kier molecular flexibility index (Phi) is 4.79. The molecule has 0 aliphatic carbocycles. The topological polar surface area (TPSA) is 55.6 Å². The number of amides is 1. The van der Waals surface area contributed by atoms with Crippen LogP contribution in [0.5, 0.6) is 0 Å². The van der Waals surface area contributed by atoms with E-state index in [0.29, 0.717) is 5.57 Å². The normalized spacial score (nSPS) is 12.1. The molecule has 0 aromatic heterocycles. The van der Waals surface area contributed by atoms with Gasteiger partial charge in [0.15, 0.2) is 0 Å². The highest BCUT2D eigenvalue weighted by Crippen LogP contribution is 2.01. The summed E-state index contributed by atoms with van der Waals surface area (Å²) in [5.74, 6) is -0.221. The van der Waals surface area contributed by atoms with Crippen LogP contribution in [0.25, 0.3) is 0 Å². The van der Waals surface area contributed by atoms with Crippen molar-refractivity contribution in [2.45, 2.75) is 6.92 Å². The number of nitrogens with two attached hydrogens (primary N) is 1. The molecule has 0 fully saturated rings. The molecular weight excluding hydrogens is 156 g/mol. The van der Waals surface area contributed by atoms with E-state index in [1.807, 2.05) is 0 Å². The van der Waals surface area contributed by atoms with Crippen molar-refractivity contribution >= 4 is 5.91 Å². The summed E-state index contributed by atoms with van der Waals surface area (Å²) in [5.41, 5.74) is 5.65. The molecular formula is C8H14N2O2. The van der Waals surface area contributed by atoms with Gasteiger partial charge in [0.2, 0.25) is 0 Å². The number of allylic oxidation sites excluding steroid dienone is 1. The first-order valence-corrected chi connectivity index (χ1v) is 3.54. The highest BCUT2D eigenvalue weighted by Gasteiger charge is 2.10. The summed E-state index contributed by atoms with van der Waals surface area (Å²) in [4.78, 5) is 16.0. The van der Waals surface area contributed by atoms with Gasteiger partial charge >= 0.3 is 0 Å². The van der Waals surface area contributed by atoms with Crippen LogP contribution in [0.4, 0.5) is 0 Å². The van der Waals surface area contributed by atoms with E-state index < -0.39 is 0 Å². The van der Waals surface area contributed by atoms with Crippen molar-refractivity contribution in [2.75, 3.05) is 14.2 Å². The van der Waals surface area contributed by atoms with Crippen molar-refractivity contribution in [1.29, 1.82) is 0 Å². The monoisotopic (exact) mass is 170 g/mol. The van der Waals surface area contributed by atoms with Gasteiger partial charge in [0, 0.05) is 12.6 Å². The number of likely N-dealkylation sites (N-methyl/N-ethyl adjacent to an activating group) is 1. The van der Waals surface area contributed by atoms with Gasteiger partial charge < -0.3 is 5.73 Å². The lowest BCUT2D eigenvalue weighted by Crippen LogP contribution is -2.26. The predicted octanol–water partition coefficient (Wildman–Crippen LogP) is 0.425. The third-order valence-electron chi connectivity index (χ3n) is 1.39. The molecule has 0 rings (SSSR count). The van der Waals surface area contributed by atoms with E-state index in [1.54, 1.807) is 13.0 Å². The van der Waals surface area contributed by atoms with Crippen LogP contribution in [0, 0.1) is 0 Å². The third-order valence-corrected chi connectivity index (χ3v) is 1.39. The molecule has 0 spiro atoms. The van der Waals surface area contributed by atoms with Crippen LogP contribution < -0.4 is 5.73 Å². The fourth-order valence-corrected chi connectivity index (χ4v) is 0.659. The second-order valence-electron chi connectivity index (χ2n) is 2.09. The molecule has 4 heteroatoms. The number of hydroxylamine groups is 2. The Labute approximate surface area is 72.2 Å². The summed E-state index contributed by atoms with van der Waals surface area (Å²) in [6.07, 6.45) is 4.51. The Bertz CT molecular complexity index is 209. The minimum absolute atomic E-state index is 0.221.